The zero-order valence-electron chi connectivity index (χ0n) is 16.2. The molecule has 2 heterocycles. The fourth-order valence-corrected chi connectivity index (χ4v) is 3.21. The van der Waals surface area contributed by atoms with Crippen molar-refractivity contribution in [2.45, 2.75) is 12.5 Å². The Hall–Kier alpha value is -2.68. The molecule has 1 saturated heterocycles. The second-order valence-corrected chi connectivity index (χ2v) is 7.21. The van der Waals surface area contributed by atoms with Gasteiger partial charge in [0, 0.05) is 50.2 Å². The lowest BCUT2D eigenvalue weighted by molar-refractivity contribution is 0.102. The van der Waals surface area contributed by atoms with Gasteiger partial charge in [-0.15, -0.1) is 0 Å². The zero-order valence-corrected chi connectivity index (χ0v) is 16.9. The lowest BCUT2D eigenvalue weighted by Crippen LogP contribution is -2.40. The fourth-order valence-electron chi connectivity index (χ4n) is 3.10. The molecule has 3 rings (SSSR count). The molecule has 154 valence electrons. The summed E-state index contributed by atoms with van der Waals surface area (Å²) in [6, 6.07) is 9.79. The summed E-state index contributed by atoms with van der Waals surface area (Å²) >= 11 is 5.80. The number of pyridine rings is 1. The maximum Gasteiger partial charge on any atom is 0.319 e. The van der Waals surface area contributed by atoms with Crippen molar-refractivity contribution >= 4 is 35.0 Å². The molecular weight excluding hydrogens is 394 g/mol. The van der Waals surface area contributed by atoms with Gasteiger partial charge in [-0.2, -0.15) is 0 Å². The van der Waals surface area contributed by atoms with Gasteiger partial charge in [-0.05, 0) is 36.8 Å². The number of aromatic nitrogens is 1. The number of anilines is 2. The van der Waals surface area contributed by atoms with Crippen LogP contribution in [0.25, 0.3) is 0 Å². The highest BCUT2D eigenvalue weighted by Gasteiger charge is 2.23. The Morgan fingerprint density at radius 2 is 2.14 bits per heavy atom. The van der Waals surface area contributed by atoms with Gasteiger partial charge < -0.3 is 20.7 Å². The molecule has 1 atom stereocenters. The van der Waals surface area contributed by atoms with Crippen LogP contribution in [0.4, 0.5) is 16.3 Å². The number of hydrogen-bond donors (Lipinski definition) is 3. The molecule has 0 bridgehead atoms. The summed E-state index contributed by atoms with van der Waals surface area (Å²) in [6.07, 6.45) is 2.35. The molecule has 3 amide bonds. The second kappa shape index (κ2) is 10.2. The van der Waals surface area contributed by atoms with Gasteiger partial charge in [0.15, 0.2) is 0 Å². The van der Waals surface area contributed by atoms with E-state index >= 15 is 0 Å². The SMILES string of the molecule is COCCN1CCC(NC(=O)Nc2cccc(C(=O)Nc3ccc(Cl)cn3)c2)C1. The number of rotatable bonds is 7. The van der Waals surface area contributed by atoms with Crippen molar-refractivity contribution in [3.8, 4) is 0 Å². The summed E-state index contributed by atoms with van der Waals surface area (Å²) in [5, 5.41) is 8.94. The van der Waals surface area contributed by atoms with Crippen LogP contribution in [0.5, 0.6) is 0 Å². The monoisotopic (exact) mass is 417 g/mol. The highest BCUT2D eigenvalue weighted by Crippen LogP contribution is 2.15. The van der Waals surface area contributed by atoms with Crippen molar-refractivity contribution in [1.82, 2.24) is 15.2 Å². The predicted octanol–water partition coefficient (Wildman–Crippen LogP) is 2.83. The largest absolute Gasteiger partial charge is 0.383 e. The summed E-state index contributed by atoms with van der Waals surface area (Å²) in [6.45, 7) is 3.27. The van der Waals surface area contributed by atoms with Crippen LogP contribution < -0.4 is 16.0 Å². The molecule has 0 aliphatic carbocycles. The van der Waals surface area contributed by atoms with Gasteiger partial charge >= 0.3 is 6.03 Å². The molecule has 0 saturated carbocycles. The van der Waals surface area contributed by atoms with Gasteiger partial charge in [-0.25, -0.2) is 9.78 Å². The smallest absolute Gasteiger partial charge is 0.319 e. The van der Waals surface area contributed by atoms with Gasteiger partial charge in [0.05, 0.1) is 11.6 Å². The molecule has 2 aromatic rings. The molecule has 1 unspecified atom stereocenters. The molecular formula is C20H24ClN5O3. The highest BCUT2D eigenvalue weighted by atomic mass is 35.5. The number of urea groups is 1. The Kier molecular flexibility index (Phi) is 7.40. The van der Waals surface area contributed by atoms with Crippen molar-refractivity contribution < 1.29 is 14.3 Å². The third-order valence-corrected chi connectivity index (χ3v) is 4.79. The number of nitrogens with one attached hydrogen (secondary N) is 3. The van der Waals surface area contributed by atoms with Crippen molar-refractivity contribution in [2.24, 2.45) is 0 Å². The van der Waals surface area contributed by atoms with E-state index in [0.29, 0.717) is 28.7 Å². The molecule has 9 heteroatoms. The Balaban J connectivity index is 1.52. The van der Waals surface area contributed by atoms with Gasteiger partial charge in [0.2, 0.25) is 0 Å². The van der Waals surface area contributed by atoms with Crippen LogP contribution >= 0.6 is 11.6 Å². The summed E-state index contributed by atoms with van der Waals surface area (Å²) in [7, 11) is 1.68. The summed E-state index contributed by atoms with van der Waals surface area (Å²) in [5.74, 6) is 0.0724. The molecule has 1 aromatic carbocycles. The molecule has 0 radical (unpaired) electrons. The summed E-state index contributed by atoms with van der Waals surface area (Å²) in [4.78, 5) is 31.0. The van der Waals surface area contributed by atoms with Crippen LogP contribution in [0.15, 0.2) is 42.6 Å². The molecule has 1 aliphatic heterocycles. The minimum atomic E-state index is -0.326. The van der Waals surface area contributed by atoms with E-state index in [4.69, 9.17) is 16.3 Å². The first kappa shape index (κ1) is 21.0. The number of hydrogen-bond acceptors (Lipinski definition) is 5. The Morgan fingerprint density at radius 1 is 1.28 bits per heavy atom. The average Bonchev–Trinajstić information content (AvgIpc) is 3.15. The highest BCUT2D eigenvalue weighted by molar-refractivity contribution is 6.30. The van der Waals surface area contributed by atoms with Gasteiger partial charge in [0.1, 0.15) is 5.82 Å². The lowest BCUT2D eigenvalue weighted by atomic mass is 10.2. The van der Waals surface area contributed by atoms with Crippen molar-refractivity contribution in [1.29, 1.82) is 0 Å². The van der Waals surface area contributed by atoms with Crippen LogP contribution in [-0.4, -0.2) is 61.2 Å². The Labute approximate surface area is 174 Å². The number of halogens is 1. The number of amides is 3. The molecule has 1 aromatic heterocycles. The number of likely N-dealkylation sites (tertiary alicyclic amines) is 1. The second-order valence-electron chi connectivity index (χ2n) is 6.77. The van der Waals surface area contributed by atoms with Crippen LogP contribution in [0.3, 0.4) is 0 Å². The molecule has 0 spiro atoms. The number of ether oxygens (including phenoxy) is 1. The standard InChI is InChI=1S/C20H24ClN5O3/c1-29-10-9-26-8-7-17(13-26)24-20(28)23-16-4-2-3-14(11-16)19(27)25-18-6-5-15(21)12-22-18/h2-6,11-12,17H,7-10,13H2,1H3,(H,22,25,27)(H2,23,24,28). The predicted molar refractivity (Wildman–Crippen MR) is 113 cm³/mol. The van der Waals surface area contributed by atoms with E-state index in [-0.39, 0.29) is 18.0 Å². The number of nitrogens with zero attached hydrogens (tertiary/aromatic N) is 2. The minimum Gasteiger partial charge on any atom is -0.383 e. The number of methoxy groups -OCH3 is 1. The summed E-state index contributed by atoms with van der Waals surface area (Å²) < 4.78 is 5.09. The van der Waals surface area contributed by atoms with E-state index in [0.717, 1.165) is 26.1 Å². The van der Waals surface area contributed by atoms with Crippen LogP contribution in [0, 0.1) is 0 Å². The maximum absolute atomic E-state index is 12.4. The van der Waals surface area contributed by atoms with Crippen molar-refractivity contribution in [3.63, 3.8) is 0 Å². The van der Waals surface area contributed by atoms with E-state index in [1.165, 1.54) is 6.20 Å². The number of carbonyl (C=O) groups is 2. The first-order chi connectivity index (χ1) is 14.0. The first-order valence-electron chi connectivity index (χ1n) is 9.35. The van der Waals surface area contributed by atoms with Gasteiger partial charge in [-0.1, -0.05) is 17.7 Å². The van der Waals surface area contributed by atoms with Crippen molar-refractivity contribution in [3.05, 3.63) is 53.2 Å². The van der Waals surface area contributed by atoms with Crippen LogP contribution in [0.1, 0.15) is 16.8 Å². The molecule has 8 nitrogen and oxygen atoms in total. The number of carbonyl (C=O) groups excluding carboxylic acids is 2. The van der Waals surface area contributed by atoms with E-state index in [2.05, 4.69) is 25.8 Å². The first-order valence-corrected chi connectivity index (χ1v) is 9.73. The third kappa shape index (κ3) is 6.42. The lowest BCUT2D eigenvalue weighted by Gasteiger charge is -2.16. The van der Waals surface area contributed by atoms with Gasteiger partial charge in [-0.3, -0.25) is 9.69 Å². The van der Waals surface area contributed by atoms with Crippen LogP contribution in [0.2, 0.25) is 5.02 Å². The zero-order chi connectivity index (χ0) is 20.6. The fraction of sp³-hybridized carbons (Fsp3) is 0.350. The maximum atomic E-state index is 12.4. The van der Waals surface area contributed by atoms with E-state index in [1.54, 1.807) is 43.5 Å². The third-order valence-electron chi connectivity index (χ3n) is 4.57. The minimum absolute atomic E-state index is 0.0920. The van der Waals surface area contributed by atoms with E-state index in [1.807, 2.05) is 0 Å². The number of benzene rings is 1. The quantitative estimate of drug-likeness (QED) is 0.643. The van der Waals surface area contributed by atoms with Crippen molar-refractivity contribution in [2.75, 3.05) is 44.0 Å². The molecule has 3 N–H and O–H groups in total. The van der Waals surface area contributed by atoms with E-state index < -0.39 is 0 Å². The normalized spacial score (nSPS) is 16.4. The Morgan fingerprint density at radius 3 is 2.90 bits per heavy atom. The Bertz CT molecular complexity index is 846. The van der Waals surface area contributed by atoms with E-state index in [9.17, 15) is 9.59 Å². The topological polar surface area (TPSA) is 95.6 Å². The molecule has 1 aliphatic rings. The average molecular weight is 418 g/mol. The van der Waals surface area contributed by atoms with Crippen LogP contribution in [-0.2, 0) is 4.74 Å². The molecule has 29 heavy (non-hydrogen) atoms. The molecule has 1 fully saturated rings. The summed E-state index contributed by atoms with van der Waals surface area (Å²) in [5.41, 5.74) is 0.944. The van der Waals surface area contributed by atoms with Gasteiger partial charge in [0.25, 0.3) is 5.91 Å².